The minimum atomic E-state index is -0.397. The molecule has 3 aromatic rings. The van der Waals surface area contributed by atoms with E-state index in [0.29, 0.717) is 29.2 Å². The molecule has 0 aliphatic carbocycles. The van der Waals surface area contributed by atoms with Crippen molar-refractivity contribution in [3.05, 3.63) is 51.7 Å². The van der Waals surface area contributed by atoms with Crippen LogP contribution in [0.1, 0.15) is 37.9 Å². The van der Waals surface area contributed by atoms with Crippen LogP contribution in [0.5, 0.6) is 5.75 Å². The number of aromatic nitrogens is 3. The molecule has 5 nitrogen and oxygen atoms in total. The molecule has 0 N–H and O–H groups in total. The molecule has 0 radical (unpaired) electrons. The molecule has 2 heterocycles. The van der Waals surface area contributed by atoms with Gasteiger partial charge in [-0.2, -0.15) is 0 Å². The van der Waals surface area contributed by atoms with Crippen LogP contribution in [0.4, 0.5) is 4.39 Å². The van der Waals surface area contributed by atoms with Gasteiger partial charge >= 0.3 is 0 Å². The molecule has 0 spiro atoms. The monoisotopic (exact) mass is 343 g/mol. The second-order valence-electron chi connectivity index (χ2n) is 6.37. The third-order valence-electron chi connectivity index (χ3n) is 4.42. The first-order valence-electron chi connectivity index (χ1n) is 8.36. The number of hydrogen-bond donors (Lipinski definition) is 0. The van der Waals surface area contributed by atoms with Crippen molar-refractivity contribution in [1.82, 2.24) is 14.2 Å². The maximum Gasteiger partial charge on any atom is 0.278 e. The Morgan fingerprint density at radius 2 is 2.00 bits per heavy atom. The third-order valence-corrected chi connectivity index (χ3v) is 4.42. The fourth-order valence-electron chi connectivity index (χ4n) is 3.15. The van der Waals surface area contributed by atoms with Gasteiger partial charge < -0.3 is 4.74 Å². The molecule has 0 aliphatic rings. The van der Waals surface area contributed by atoms with E-state index in [0.717, 1.165) is 11.3 Å². The van der Waals surface area contributed by atoms with Crippen LogP contribution in [-0.4, -0.2) is 21.3 Å². The summed E-state index contributed by atoms with van der Waals surface area (Å²) in [6.45, 7) is 8.39. The highest BCUT2D eigenvalue weighted by Crippen LogP contribution is 2.30. The highest BCUT2D eigenvalue weighted by Gasteiger charge is 2.20. The topological polar surface area (TPSA) is 48.5 Å². The Morgan fingerprint density at radius 3 is 2.60 bits per heavy atom. The molecule has 1 aromatic carbocycles. The van der Waals surface area contributed by atoms with Gasteiger partial charge in [0.25, 0.3) is 5.56 Å². The molecule has 0 bridgehead atoms. The van der Waals surface area contributed by atoms with E-state index >= 15 is 0 Å². The van der Waals surface area contributed by atoms with Crippen molar-refractivity contribution in [1.29, 1.82) is 0 Å². The quantitative estimate of drug-likeness (QED) is 0.725. The summed E-state index contributed by atoms with van der Waals surface area (Å²) in [7, 11) is 1.48. The summed E-state index contributed by atoms with van der Waals surface area (Å²) in [6.07, 6.45) is 0. The molecule has 0 fully saturated rings. The van der Waals surface area contributed by atoms with Crippen molar-refractivity contribution >= 4 is 5.52 Å². The van der Waals surface area contributed by atoms with Gasteiger partial charge in [-0.05, 0) is 43.5 Å². The number of fused-ring (bicyclic) bond motifs is 1. The highest BCUT2D eigenvalue weighted by atomic mass is 19.1. The number of halogens is 1. The van der Waals surface area contributed by atoms with Crippen LogP contribution in [0.2, 0.25) is 0 Å². The summed E-state index contributed by atoms with van der Waals surface area (Å²) < 4.78 is 22.1. The van der Waals surface area contributed by atoms with Crippen LogP contribution in [0.15, 0.2) is 29.1 Å². The van der Waals surface area contributed by atoms with Crippen molar-refractivity contribution in [2.45, 2.75) is 40.2 Å². The average molecular weight is 343 g/mol. The Labute approximate surface area is 145 Å². The normalized spacial score (nSPS) is 11.5. The first-order chi connectivity index (χ1) is 11.9. The number of ether oxygens (including phenoxy) is 1. The SMILES string of the molecule is CCn1c(-c2ccc(F)cc2OC)nn2c(C)cc(C(C)C)c2c1=O. The standard InChI is InChI=1S/C19H22FN3O2/c1-6-22-18(14-8-7-13(20)10-16(14)25-5)21-23-12(4)9-15(11(2)3)17(23)19(22)24/h7-11H,6H2,1-5H3. The summed E-state index contributed by atoms with van der Waals surface area (Å²) >= 11 is 0. The molecule has 0 saturated heterocycles. The molecule has 25 heavy (non-hydrogen) atoms. The summed E-state index contributed by atoms with van der Waals surface area (Å²) in [5.74, 6) is 0.634. The molecule has 0 saturated carbocycles. The maximum absolute atomic E-state index is 13.5. The average Bonchev–Trinajstić information content (AvgIpc) is 2.92. The Morgan fingerprint density at radius 1 is 1.28 bits per heavy atom. The Hall–Kier alpha value is -2.63. The maximum atomic E-state index is 13.5. The van der Waals surface area contributed by atoms with Crippen LogP contribution < -0.4 is 10.3 Å². The van der Waals surface area contributed by atoms with Crippen LogP contribution in [0.25, 0.3) is 16.9 Å². The molecule has 0 atom stereocenters. The van der Waals surface area contributed by atoms with E-state index in [1.807, 2.05) is 19.9 Å². The first-order valence-corrected chi connectivity index (χ1v) is 8.36. The second kappa shape index (κ2) is 6.35. The summed E-state index contributed by atoms with van der Waals surface area (Å²) in [4.78, 5) is 13.1. The zero-order chi connectivity index (χ0) is 18.3. The first kappa shape index (κ1) is 17.2. The highest BCUT2D eigenvalue weighted by molar-refractivity contribution is 5.66. The van der Waals surface area contributed by atoms with Gasteiger partial charge in [0.05, 0.1) is 12.7 Å². The molecule has 0 unspecified atom stereocenters. The van der Waals surface area contributed by atoms with Gasteiger partial charge in [0.15, 0.2) is 5.82 Å². The van der Waals surface area contributed by atoms with Gasteiger partial charge in [-0.3, -0.25) is 9.36 Å². The minimum Gasteiger partial charge on any atom is -0.496 e. The molecule has 0 aliphatic heterocycles. The fourth-order valence-corrected chi connectivity index (χ4v) is 3.15. The van der Waals surface area contributed by atoms with Gasteiger partial charge in [0, 0.05) is 18.3 Å². The van der Waals surface area contributed by atoms with Crippen LogP contribution in [-0.2, 0) is 6.54 Å². The third kappa shape index (κ3) is 2.71. The van der Waals surface area contributed by atoms with Crippen molar-refractivity contribution in [3.8, 4) is 17.1 Å². The van der Waals surface area contributed by atoms with E-state index in [4.69, 9.17) is 9.84 Å². The number of methoxy groups -OCH3 is 1. The van der Waals surface area contributed by atoms with E-state index in [9.17, 15) is 9.18 Å². The molecular formula is C19H22FN3O2. The molecule has 6 heteroatoms. The van der Waals surface area contributed by atoms with Crippen LogP contribution in [0.3, 0.4) is 0 Å². The van der Waals surface area contributed by atoms with Crippen molar-refractivity contribution in [2.24, 2.45) is 0 Å². The second-order valence-corrected chi connectivity index (χ2v) is 6.37. The van der Waals surface area contributed by atoms with E-state index in [2.05, 4.69) is 13.8 Å². The zero-order valence-electron chi connectivity index (χ0n) is 15.1. The Bertz CT molecular complexity index is 1000. The number of benzene rings is 1. The van der Waals surface area contributed by atoms with Gasteiger partial charge in [-0.15, -0.1) is 5.10 Å². The zero-order valence-corrected chi connectivity index (χ0v) is 15.1. The lowest BCUT2D eigenvalue weighted by Crippen LogP contribution is -2.26. The van der Waals surface area contributed by atoms with E-state index < -0.39 is 5.82 Å². The number of hydrogen-bond acceptors (Lipinski definition) is 3. The van der Waals surface area contributed by atoms with Gasteiger partial charge in [-0.25, -0.2) is 8.91 Å². The Kier molecular flexibility index (Phi) is 4.37. The molecule has 0 amide bonds. The largest absolute Gasteiger partial charge is 0.496 e. The van der Waals surface area contributed by atoms with Gasteiger partial charge in [0.1, 0.15) is 17.1 Å². The lowest BCUT2D eigenvalue weighted by atomic mass is 10.1. The van der Waals surface area contributed by atoms with E-state index in [1.165, 1.54) is 19.2 Å². The fraction of sp³-hybridized carbons (Fsp3) is 0.368. The van der Waals surface area contributed by atoms with Crippen LogP contribution in [0, 0.1) is 12.7 Å². The summed E-state index contributed by atoms with van der Waals surface area (Å²) in [5.41, 5.74) is 2.95. The number of rotatable bonds is 4. The molecular weight excluding hydrogens is 321 g/mol. The Balaban J connectivity index is 2.42. The van der Waals surface area contributed by atoms with Crippen LogP contribution >= 0.6 is 0 Å². The van der Waals surface area contributed by atoms with Gasteiger partial charge in [-0.1, -0.05) is 13.8 Å². The van der Waals surface area contributed by atoms with Crippen molar-refractivity contribution in [2.75, 3.05) is 7.11 Å². The smallest absolute Gasteiger partial charge is 0.278 e. The molecule has 132 valence electrons. The summed E-state index contributed by atoms with van der Waals surface area (Å²) in [5, 5.41) is 4.70. The van der Waals surface area contributed by atoms with Crippen molar-refractivity contribution in [3.63, 3.8) is 0 Å². The molecule has 2 aromatic heterocycles. The van der Waals surface area contributed by atoms with Crippen molar-refractivity contribution < 1.29 is 9.13 Å². The van der Waals surface area contributed by atoms with E-state index in [1.54, 1.807) is 15.1 Å². The number of nitrogens with zero attached hydrogens (tertiary/aromatic N) is 3. The lowest BCUT2D eigenvalue weighted by Gasteiger charge is -2.15. The van der Waals surface area contributed by atoms with Gasteiger partial charge in [0.2, 0.25) is 0 Å². The minimum absolute atomic E-state index is 0.101. The predicted octanol–water partition coefficient (Wildman–Crippen LogP) is 3.76. The lowest BCUT2D eigenvalue weighted by molar-refractivity contribution is 0.412. The molecule has 3 rings (SSSR count). The predicted molar refractivity (Wildman–Crippen MR) is 95.9 cm³/mol. The van der Waals surface area contributed by atoms with E-state index in [-0.39, 0.29) is 11.5 Å². The summed E-state index contributed by atoms with van der Waals surface area (Å²) in [6, 6.07) is 6.24. The number of aryl methyl sites for hydroxylation is 1.